The second-order valence-electron chi connectivity index (χ2n) is 6.17. The first-order valence-electron chi connectivity index (χ1n) is 7.75. The predicted molar refractivity (Wildman–Crippen MR) is 89.2 cm³/mol. The molecule has 8 nitrogen and oxygen atoms in total. The van der Waals surface area contributed by atoms with Gasteiger partial charge in [-0.1, -0.05) is 11.6 Å². The molecule has 1 N–H and O–H groups in total. The van der Waals surface area contributed by atoms with Crippen molar-refractivity contribution < 1.29 is 18.7 Å². The minimum atomic E-state index is -3.16. The molecule has 3 heterocycles. The van der Waals surface area contributed by atoms with Gasteiger partial charge in [0.25, 0.3) is 12.3 Å². The molecule has 1 aliphatic rings. The molecule has 0 fully saturated rings. The standard InChI is InChI=1S/C15H17ClF2N6O2/c1-8-6-15(26,14(17)18)24(19-8)13(25)11-4-5-22(21-11)7-23-10(3)12(16)9(2)20-23/h4-5,14,26H,6-7H2,1-3H3/t15-/m1/s1. The Kier molecular flexibility index (Phi) is 4.57. The molecule has 0 aromatic carbocycles. The lowest BCUT2D eigenvalue weighted by Crippen LogP contribution is -2.51. The van der Waals surface area contributed by atoms with E-state index >= 15 is 0 Å². The van der Waals surface area contributed by atoms with Gasteiger partial charge in [0.15, 0.2) is 5.69 Å². The quantitative estimate of drug-likeness (QED) is 0.870. The monoisotopic (exact) mass is 386 g/mol. The number of aryl methyl sites for hydroxylation is 1. The Morgan fingerprint density at radius 2 is 2.08 bits per heavy atom. The normalized spacial score (nSPS) is 20.2. The number of alkyl halides is 2. The zero-order chi connectivity index (χ0) is 19.2. The van der Waals surface area contributed by atoms with E-state index in [1.807, 2.05) is 0 Å². The maximum Gasteiger partial charge on any atom is 0.297 e. The molecule has 0 unspecified atom stereocenters. The van der Waals surface area contributed by atoms with Crippen molar-refractivity contribution in [3.8, 4) is 0 Å². The van der Waals surface area contributed by atoms with E-state index in [1.165, 1.54) is 23.9 Å². The van der Waals surface area contributed by atoms with Crippen LogP contribution in [0.2, 0.25) is 5.02 Å². The average molecular weight is 387 g/mol. The van der Waals surface area contributed by atoms with E-state index in [4.69, 9.17) is 11.6 Å². The van der Waals surface area contributed by atoms with Gasteiger partial charge in [-0.3, -0.25) is 9.48 Å². The van der Waals surface area contributed by atoms with Crippen LogP contribution in [0.3, 0.4) is 0 Å². The number of amides is 1. The number of hydrazone groups is 1. The molecule has 140 valence electrons. The van der Waals surface area contributed by atoms with E-state index in [-0.39, 0.29) is 18.1 Å². The summed E-state index contributed by atoms with van der Waals surface area (Å²) in [6.07, 6.45) is -2.07. The van der Waals surface area contributed by atoms with Gasteiger partial charge in [-0.05, 0) is 26.8 Å². The lowest BCUT2D eigenvalue weighted by Gasteiger charge is -2.29. The minimum Gasteiger partial charge on any atom is -0.364 e. The zero-order valence-corrected chi connectivity index (χ0v) is 15.1. The molecule has 26 heavy (non-hydrogen) atoms. The third-order valence-corrected chi connectivity index (χ3v) is 4.67. The molecule has 2 aromatic rings. The van der Waals surface area contributed by atoms with Gasteiger partial charge < -0.3 is 5.11 Å². The highest BCUT2D eigenvalue weighted by molar-refractivity contribution is 6.31. The Morgan fingerprint density at radius 1 is 1.38 bits per heavy atom. The number of carbonyl (C=O) groups is 1. The van der Waals surface area contributed by atoms with Crippen LogP contribution >= 0.6 is 11.6 Å². The molecule has 1 aliphatic heterocycles. The van der Waals surface area contributed by atoms with Gasteiger partial charge >= 0.3 is 0 Å². The van der Waals surface area contributed by atoms with Crippen LogP contribution in [-0.2, 0) is 6.67 Å². The number of hydrogen-bond acceptors (Lipinski definition) is 5. The van der Waals surface area contributed by atoms with E-state index in [0.29, 0.717) is 15.7 Å². The minimum absolute atomic E-state index is 0.116. The fourth-order valence-electron chi connectivity index (χ4n) is 2.75. The fourth-order valence-corrected chi connectivity index (χ4v) is 2.88. The lowest BCUT2D eigenvalue weighted by molar-refractivity contribution is -0.164. The molecule has 2 aromatic heterocycles. The van der Waals surface area contributed by atoms with Crippen molar-refractivity contribution >= 4 is 23.2 Å². The van der Waals surface area contributed by atoms with Crippen LogP contribution in [0.5, 0.6) is 0 Å². The third-order valence-electron chi connectivity index (χ3n) is 4.13. The van der Waals surface area contributed by atoms with Crippen LogP contribution in [0, 0.1) is 13.8 Å². The molecule has 0 spiro atoms. The fraction of sp³-hybridized carbons (Fsp3) is 0.467. The van der Waals surface area contributed by atoms with Gasteiger partial charge in [0.1, 0.15) is 6.67 Å². The van der Waals surface area contributed by atoms with Gasteiger partial charge in [0, 0.05) is 18.3 Å². The molecule has 1 atom stereocenters. The van der Waals surface area contributed by atoms with Crippen molar-refractivity contribution in [1.29, 1.82) is 0 Å². The first-order valence-corrected chi connectivity index (χ1v) is 8.13. The Bertz CT molecular complexity index is 893. The molecule has 11 heteroatoms. The number of aromatic nitrogens is 4. The number of rotatable bonds is 4. The summed E-state index contributed by atoms with van der Waals surface area (Å²) in [5, 5.41) is 23.1. The largest absolute Gasteiger partial charge is 0.364 e. The number of hydrogen-bond donors (Lipinski definition) is 1. The van der Waals surface area contributed by atoms with E-state index in [2.05, 4.69) is 15.3 Å². The van der Waals surface area contributed by atoms with Gasteiger partial charge in [-0.25, -0.2) is 13.5 Å². The van der Waals surface area contributed by atoms with Crippen LogP contribution in [0.15, 0.2) is 17.4 Å². The number of halogens is 3. The van der Waals surface area contributed by atoms with E-state index in [1.54, 1.807) is 18.5 Å². The Hall–Kier alpha value is -2.33. The summed E-state index contributed by atoms with van der Waals surface area (Å²) in [7, 11) is 0. The van der Waals surface area contributed by atoms with Crippen LogP contribution < -0.4 is 0 Å². The summed E-state index contributed by atoms with van der Waals surface area (Å²) in [6.45, 7) is 5.21. The summed E-state index contributed by atoms with van der Waals surface area (Å²) in [5.41, 5.74) is -1.14. The third kappa shape index (κ3) is 2.99. The van der Waals surface area contributed by atoms with Crippen molar-refractivity contribution in [1.82, 2.24) is 24.6 Å². The lowest BCUT2D eigenvalue weighted by atomic mass is 10.1. The van der Waals surface area contributed by atoms with Gasteiger partial charge in [-0.15, -0.1) is 0 Å². The van der Waals surface area contributed by atoms with Crippen LogP contribution in [-0.4, -0.2) is 53.4 Å². The van der Waals surface area contributed by atoms with Crippen molar-refractivity contribution in [2.75, 3.05) is 0 Å². The molecule has 1 amide bonds. The van der Waals surface area contributed by atoms with Crippen LogP contribution in [0.4, 0.5) is 8.78 Å². The molecule has 0 aliphatic carbocycles. The first-order chi connectivity index (χ1) is 12.1. The first kappa shape index (κ1) is 18.5. The number of nitrogens with zero attached hydrogens (tertiary/aromatic N) is 6. The topological polar surface area (TPSA) is 88.5 Å². The van der Waals surface area contributed by atoms with Crippen LogP contribution in [0.25, 0.3) is 0 Å². The Morgan fingerprint density at radius 3 is 2.65 bits per heavy atom. The summed E-state index contributed by atoms with van der Waals surface area (Å²) in [5.74, 6) is -0.908. The highest BCUT2D eigenvalue weighted by Gasteiger charge is 2.51. The van der Waals surface area contributed by atoms with Gasteiger partial charge in [0.2, 0.25) is 5.72 Å². The SMILES string of the molecule is CC1=NN(C(=O)c2ccn(Cn3nc(C)c(Cl)c3C)n2)[C@](O)(C(F)F)C1. The molecule has 0 bridgehead atoms. The number of aliphatic hydroxyl groups is 1. The maximum atomic E-state index is 13.2. The second kappa shape index (κ2) is 6.44. The van der Waals surface area contributed by atoms with E-state index in [9.17, 15) is 18.7 Å². The Balaban J connectivity index is 1.83. The van der Waals surface area contributed by atoms with Gasteiger partial charge in [-0.2, -0.15) is 20.3 Å². The van der Waals surface area contributed by atoms with E-state index in [0.717, 1.165) is 5.69 Å². The smallest absolute Gasteiger partial charge is 0.297 e. The highest BCUT2D eigenvalue weighted by Crippen LogP contribution is 2.32. The second-order valence-corrected chi connectivity index (χ2v) is 6.55. The predicted octanol–water partition coefficient (Wildman–Crippen LogP) is 2.03. The van der Waals surface area contributed by atoms with E-state index < -0.39 is 24.5 Å². The number of carbonyl (C=O) groups excluding carboxylic acids is 1. The summed E-state index contributed by atoms with van der Waals surface area (Å²) < 4.78 is 29.5. The Labute approximate surface area is 152 Å². The summed E-state index contributed by atoms with van der Waals surface area (Å²) in [4.78, 5) is 12.5. The van der Waals surface area contributed by atoms with Gasteiger partial charge in [0.05, 0.1) is 16.4 Å². The molecular weight excluding hydrogens is 370 g/mol. The zero-order valence-electron chi connectivity index (χ0n) is 14.3. The summed E-state index contributed by atoms with van der Waals surface area (Å²) in [6, 6.07) is 1.37. The van der Waals surface area contributed by atoms with Crippen molar-refractivity contribution in [3.05, 3.63) is 34.4 Å². The van der Waals surface area contributed by atoms with Crippen molar-refractivity contribution in [2.45, 2.75) is 46.0 Å². The molecule has 0 saturated carbocycles. The molecule has 0 radical (unpaired) electrons. The van der Waals surface area contributed by atoms with Crippen molar-refractivity contribution in [2.24, 2.45) is 5.10 Å². The molecule has 0 saturated heterocycles. The van der Waals surface area contributed by atoms with Crippen LogP contribution in [0.1, 0.15) is 35.2 Å². The average Bonchev–Trinajstić information content (AvgIpc) is 3.22. The molecule has 3 rings (SSSR count). The highest BCUT2D eigenvalue weighted by atomic mass is 35.5. The molecular formula is C15H17ClF2N6O2. The van der Waals surface area contributed by atoms with Crippen molar-refractivity contribution in [3.63, 3.8) is 0 Å². The summed E-state index contributed by atoms with van der Waals surface area (Å²) >= 11 is 6.09. The maximum absolute atomic E-state index is 13.2.